The number of nitrogens with two attached hydrogens (primary N) is 1. The summed E-state index contributed by atoms with van der Waals surface area (Å²) in [4.78, 5) is 8.52. The van der Waals surface area contributed by atoms with E-state index >= 15 is 0 Å². The van der Waals surface area contributed by atoms with Gasteiger partial charge in [-0.1, -0.05) is 13.3 Å². The van der Waals surface area contributed by atoms with Crippen LogP contribution in [0.15, 0.2) is 0 Å². The van der Waals surface area contributed by atoms with E-state index in [1.165, 1.54) is 15.6 Å². The molecular weight excluding hydrogens is 258 g/mol. The fraction of sp³-hybridized carbons (Fsp3) is 0.786. The summed E-state index contributed by atoms with van der Waals surface area (Å²) < 4.78 is 5.37. The standard InChI is InChI=1S/C14H25N3OS/c1-3-4-12-14(11(2)15)19-13(16-12)5-6-17-7-9-18-10-8-17/h11H,3-10,15H2,1-2H3. The van der Waals surface area contributed by atoms with Crippen molar-refractivity contribution in [3.63, 3.8) is 0 Å². The number of rotatable bonds is 6. The number of nitrogens with zero attached hydrogens (tertiary/aromatic N) is 2. The highest BCUT2D eigenvalue weighted by atomic mass is 32.1. The summed E-state index contributed by atoms with van der Waals surface area (Å²) in [6, 6.07) is 0.108. The highest BCUT2D eigenvalue weighted by Gasteiger charge is 2.15. The van der Waals surface area contributed by atoms with Crippen LogP contribution in [-0.4, -0.2) is 42.7 Å². The Kier molecular flexibility index (Phi) is 5.76. The Morgan fingerprint density at radius 3 is 2.74 bits per heavy atom. The largest absolute Gasteiger partial charge is 0.379 e. The minimum atomic E-state index is 0.108. The van der Waals surface area contributed by atoms with E-state index in [1.54, 1.807) is 11.3 Å². The fourth-order valence-corrected chi connectivity index (χ4v) is 3.43. The van der Waals surface area contributed by atoms with Gasteiger partial charge in [0.25, 0.3) is 0 Å². The quantitative estimate of drug-likeness (QED) is 0.867. The van der Waals surface area contributed by atoms with Crippen molar-refractivity contribution < 1.29 is 4.74 Å². The van der Waals surface area contributed by atoms with Crippen molar-refractivity contribution in [1.82, 2.24) is 9.88 Å². The van der Waals surface area contributed by atoms with E-state index in [2.05, 4.69) is 18.7 Å². The van der Waals surface area contributed by atoms with Crippen LogP contribution >= 0.6 is 11.3 Å². The fourth-order valence-electron chi connectivity index (χ4n) is 2.37. The molecule has 0 aromatic carbocycles. The first-order valence-corrected chi connectivity index (χ1v) is 8.06. The molecule has 1 unspecified atom stereocenters. The average Bonchev–Trinajstić information content (AvgIpc) is 2.81. The summed E-state index contributed by atoms with van der Waals surface area (Å²) in [5.74, 6) is 0. The van der Waals surface area contributed by atoms with Crippen molar-refractivity contribution in [2.75, 3.05) is 32.8 Å². The summed E-state index contributed by atoms with van der Waals surface area (Å²) in [5, 5.41) is 1.24. The van der Waals surface area contributed by atoms with Gasteiger partial charge in [-0.3, -0.25) is 4.90 Å². The first-order chi connectivity index (χ1) is 9.20. The molecular formula is C14H25N3OS. The molecule has 1 aliphatic heterocycles. The lowest BCUT2D eigenvalue weighted by molar-refractivity contribution is 0.0384. The maximum Gasteiger partial charge on any atom is 0.0944 e. The number of morpholine rings is 1. The molecule has 1 aliphatic rings. The van der Waals surface area contributed by atoms with Crippen molar-refractivity contribution in [2.24, 2.45) is 5.73 Å². The zero-order chi connectivity index (χ0) is 13.7. The Morgan fingerprint density at radius 2 is 2.11 bits per heavy atom. The molecule has 2 N–H and O–H groups in total. The van der Waals surface area contributed by atoms with Crippen LogP contribution in [0.3, 0.4) is 0 Å². The minimum absolute atomic E-state index is 0.108. The van der Waals surface area contributed by atoms with Gasteiger partial charge >= 0.3 is 0 Å². The molecule has 0 amide bonds. The monoisotopic (exact) mass is 283 g/mol. The zero-order valence-corrected chi connectivity index (χ0v) is 12.8. The third-order valence-corrected chi connectivity index (χ3v) is 4.78. The molecule has 2 heterocycles. The molecule has 0 spiro atoms. The maximum atomic E-state index is 6.04. The second-order valence-corrected chi connectivity index (χ2v) is 6.28. The average molecular weight is 283 g/mol. The van der Waals surface area contributed by atoms with Gasteiger partial charge in [-0.25, -0.2) is 4.98 Å². The van der Waals surface area contributed by atoms with Crippen LogP contribution in [0.5, 0.6) is 0 Å². The second-order valence-electron chi connectivity index (χ2n) is 5.16. The van der Waals surface area contributed by atoms with Gasteiger partial charge in [-0.05, 0) is 13.3 Å². The highest BCUT2D eigenvalue weighted by molar-refractivity contribution is 7.11. The van der Waals surface area contributed by atoms with Crippen molar-refractivity contribution in [3.8, 4) is 0 Å². The maximum absolute atomic E-state index is 6.04. The number of thiazole rings is 1. The molecule has 2 rings (SSSR count). The first-order valence-electron chi connectivity index (χ1n) is 7.25. The molecule has 19 heavy (non-hydrogen) atoms. The number of ether oxygens (including phenoxy) is 1. The van der Waals surface area contributed by atoms with E-state index in [1.807, 2.05) is 0 Å². The van der Waals surface area contributed by atoms with Crippen molar-refractivity contribution in [3.05, 3.63) is 15.6 Å². The lowest BCUT2D eigenvalue weighted by atomic mass is 10.2. The Morgan fingerprint density at radius 1 is 1.37 bits per heavy atom. The third-order valence-electron chi connectivity index (χ3n) is 3.42. The van der Waals surface area contributed by atoms with Crippen molar-refractivity contribution in [2.45, 2.75) is 39.2 Å². The van der Waals surface area contributed by atoms with Crippen LogP contribution in [0.2, 0.25) is 0 Å². The normalized spacial score (nSPS) is 18.7. The van der Waals surface area contributed by atoms with Crippen LogP contribution < -0.4 is 5.73 Å². The molecule has 4 nitrogen and oxygen atoms in total. The Balaban J connectivity index is 1.93. The molecule has 1 saturated heterocycles. The topological polar surface area (TPSA) is 51.4 Å². The molecule has 1 fully saturated rings. The lowest BCUT2D eigenvalue weighted by Crippen LogP contribution is -2.37. The van der Waals surface area contributed by atoms with Crippen molar-refractivity contribution >= 4 is 11.3 Å². The molecule has 1 aromatic rings. The van der Waals surface area contributed by atoms with Crippen LogP contribution in [0.25, 0.3) is 0 Å². The Hall–Kier alpha value is -0.490. The summed E-state index contributed by atoms with van der Waals surface area (Å²) in [7, 11) is 0. The lowest BCUT2D eigenvalue weighted by Gasteiger charge is -2.26. The van der Waals surface area contributed by atoms with Gasteiger partial charge in [-0.15, -0.1) is 11.3 Å². The van der Waals surface area contributed by atoms with Crippen LogP contribution in [0, 0.1) is 0 Å². The van der Waals surface area contributed by atoms with E-state index in [0.29, 0.717) is 0 Å². The predicted molar refractivity (Wildman–Crippen MR) is 79.7 cm³/mol. The van der Waals surface area contributed by atoms with Gasteiger partial charge in [0.1, 0.15) is 0 Å². The van der Waals surface area contributed by atoms with E-state index < -0.39 is 0 Å². The van der Waals surface area contributed by atoms with E-state index in [-0.39, 0.29) is 6.04 Å². The molecule has 0 bridgehead atoms. The molecule has 0 aliphatic carbocycles. The summed E-state index contributed by atoms with van der Waals surface area (Å²) >= 11 is 1.80. The van der Waals surface area contributed by atoms with Crippen LogP contribution in [0.4, 0.5) is 0 Å². The molecule has 1 atom stereocenters. The Bertz CT molecular complexity index is 386. The smallest absolute Gasteiger partial charge is 0.0944 e. The number of aromatic nitrogens is 1. The number of hydrogen-bond acceptors (Lipinski definition) is 5. The van der Waals surface area contributed by atoms with Gasteiger partial charge in [0.2, 0.25) is 0 Å². The Labute approximate surface area is 120 Å². The summed E-state index contributed by atoms with van der Waals surface area (Å²) in [6.07, 6.45) is 3.21. The molecule has 1 aromatic heterocycles. The third kappa shape index (κ3) is 4.24. The molecule has 108 valence electrons. The van der Waals surface area contributed by atoms with E-state index in [9.17, 15) is 0 Å². The first kappa shape index (κ1) is 14.9. The van der Waals surface area contributed by atoms with Gasteiger partial charge in [0.05, 0.1) is 23.9 Å². The SMILES string of the molecule is CCCc1nc(CCN2CCOCC2)sc1C(C)N. The van der Waals surface area contributed by atoms with Gasteiger partial charge < -0.3 is 10.5 Å². The van der Waals surface area contributed by atoms with Gasteiger partial charge in [0, 0.05) is 37.0 Å². The van der Waals surface area contributed by atoms with Crippen LogP contribution in [0.1, 0.15) is 41.9 Å². The van der Waals surface area contributed by atoms with Crippen molar-refractivity contribution in [1.29, 1.82) is 0 Å². The molecule has 0 saturated carbocycles. The molecule has 0 radical (unpaired) electrons. The molecule has 5 heteroatoms. The van der Waals surface area contributed by atoms with E-state index in [0.717, 1.165) is 52.1 Å². The second kappa shape index (κ2) is 7.33. The minimum Gasteiger partial charge on any atom is -0.379 e. The van der Waals surface area contributed by atoms with Crippen LogP contribution in [-0.2, 0) is 17.6 Å². The number of hydrogen-bond donors (Lipinski definition) is 1. The highest BCUT2D eigenvalue weighted by Crippen LogP contribution is 2.25. The summed E-state index contributed by atoms with van der Waals surface area (Å²) in [6.45, 7) is 9.16. The number of aryl methyl sites for hydroxylation is 1. The predicted octanol–water partition coefficient (Wildman–Crippen LogP) is 1.99. The van der Waals surface area contributed by atoms with Gasteiger partial charge in [0.15, 0.2) is 0 Å². The summed E-state index contributed by atoms with van der Waals surface area (Å²) in [5.41, 5.74) is 7.26. The van der Waals surface area contributed by atoms with E-state index in [4.69, 9.17) is 15.5 Å². The van der Waals surface area contributed by atoms with Gasteiger partial charge in [-0.2, -0.15) is 0 Å². The zero-order valence-electron chi connectivity index (χ0n) is 12.0.